The van der Waals surface area contributed by atoms with Crippen LogP contribution >= 0.6 is 0 Å². The summed E-state index contributed by atoms with van der Waals surface area (Å²) in [4.78, 5) is 27.6. The van der Waals surface area contributed by atoms with E-state index in [1.165, 1.54) is 7.11 Å². The number of hydrogen-bond acceptors (Lipinski definition) is 5. The fraction of sp³-hybridized carbons (Fsp3) is 0.333. The molecule has 1 heterocycles. The summed E-state index contributed by atoms with van der Waals surface area (Å²) in [6, 6.07) is 6.89. The minimum Gasteiger partial charge on any atom is -0.495 e. The van der Waals surface area contributed by atoms with E-state index in [0.717, 1.165) is 5.69 Å². The van der Waals surface area contributed by atoms with Gasteiger partial charge in [0.15, 0.2) is 0 Å². The smallest absolute Gasteiger partial charge is 0.339 e. The highest BCUT2D eigenvalue weighted by atomic mass is 16.5. The molecule has 0 saturated carbocycles. The first-order chi connectivity index (χ1) is 11.4. The third-order valence-corrected chi connectivity index (χ3v) is 3.95. The molecule has 0 aliphatic rings. The van der Waals surface area contributed by atoms with Crippen LogP contribution in [0.2, 0.25) is 0 Å². The molecule has 0 saturated heterocycles. The number of Topliss-reactive ketones (excluding diaryl/α,β-unsaturated/α-hetero) is 1. The van der Waals surface area contributed by atoms with Crippen molar-refractivity contribution in [2.75, 3.05) is 19.5 Å². The van der Waals surface area contributed by atoms with Gasteiger partial charge in [0.1, 0.15) is 5.75 Å². The van der Waals surface area contributed by atoms with Gasteiger partial charge in [-0.15, -0.1) is 0 Å². The maximum atomic E-state index is 12.8. The molecule has 6 heteroatoms. The molecule has 1 unspecified atom stereocenters. The van der Waals surface area contributed by atoms with E-state index in [0.29, 0.717) is 28.3 Å². The molecular weight excluding hydrogens is 308 g/mol. The fourth-order valence-electron chi connectivity index (χ4n) is 2.68. The lowest BCUT2D eigenvalue weighted by Crippen LogP contribution is -2.27. The van der Waals surface area contributed by atoms with Crippen LogP contribution in [0, 0.1) is 13.8 Å². The van der Waals surface area contributed by atoms with E-state index in [1.807, 2.05) is 24.3 Å². The predicted octanol–water partition coefficient (Wildman–Crippen LogP) is 3.11. The summed E-state index contributed by atoms with van der Waals surface area (Å²) >= 11 is 0. The number of methoxy groups -OCH3 is 2. The molecule has 0 fully saturated rings. The minimum atomic E-state index is -0.497. The van der Waals surface area contributed by atoms with Crippen LogP contribution in [-0.2, 0) is 4.74 Å². The summed E-state index contributed by atoms with van der Waals surface area (Å²) < 4.78 is 10.1. The van der Waals surface area contributed by atoms with Crippen LogP contribution in [0.3, 0.4) is 0 Å². The van der Waals surface area contributed by atoms with Crippen LogP contribution < -0.4 is 10.1 Å². The van der Waals surface area contributed by atoms with Crippen molar-refractivity contribution in [3.05, 3.63) is 46.8 Å². The number of rotatable bonds is 6. The van der Waals surface area contributed by atoms with Gasteiger partial charge in [0.05, 0.1) is 37.2 Å². The predicted molar refractivity (Wildman–Crippen MR) is 92.0 cm³/mol. The highest BCUT2D eigenvalue weighted by Crippen LogP contribution is 2.25. The Bertz CT molecular complexity index is 764. The van der Waals surface area contributed by atoms with Crippen molar-refractivity contribution in [3.8, 4) is 5.75 Å². The molecule has 128 valence electrons. The number of carbonyl (C=O) groups excluding carboxylic acids is 2. The highest BCUT2D eigenvalue weighted by molar-refractivity contribution is 6.04. The van der Waals surface area contributed by atoms with Gasteiger partial charge in [0.2, 0.25) is 5.78 Å². The quantitative estimate of drug-likeness (QED) is 0.628. The summed E-state index contributed by atoms with van der Waals surface area (Å²) in [7, 11) is 2.90. The van der Waals surface area contributed by atoms with Crippen molar-refractivity contribution < 1.29 is 19.1 Å². The molecule has 0 spiro atoms. The van der Waals surface area contributed by atoms with E-state index in [-0.39, 0.29) is 5.78 Å². The second-order valence-electron chi connectivity index (χ2n) is 5.55. The lowest BCUT2D eigenvalue weighted by Gasteiger charge is -2.16. The van der Waals surface area contributed by atoms with Gasteiger partial charge in [-0.3, -0.25) is 4.79 Å². The number of para-hydroxylation sites is 2. The SMILES string of the molecule is COC(=O)c1c(C)[nH]c(C(=O)C(C)Nc2ccccc2OC)c1C. The third kappa shape index (κ3) is 3.27. The van der Waals surface area contributed by atoms with Crippen molar-refractivity contribution in [1.82, 2.24) is 4.98 Å². The Morgan fingerprint density at radius 3 is 2.46 bits per heavy atom. The van der Waals surface area contributed by atoms with Crippen molar-refractivity contribution >= 4 is 17.4 Å². The first kappa shape index (κ1) is 17.6. The number of ketones is 1. The lowest BCUT2D eigenvalue weighted by molar-refractivity contribution is 0.0599. The highest BCUT2D eigenvalue weighted by Gasteiger charge is 2.25. The van der Waals surface area contributed by atoms with Crippen LogP contribution in [0.4, 0.5) is 5.69 Å². The van der Waals surface area contributed by atoms with Crippen LogP contribution in [0.15, 0.2) is 24.3 Å². The van der Waals surface area contributed by atoms with Crippen LogP contribution in [0.25, 0.3) is 0 Å². The largest absolute Gasteiger partial charge is 0.495 e. The molecule has 2 rings (SSSR count). The Kier molecular flexibility index (Phi) is 5.28. The first-order valence-corrected chi connectivity index (χ1v) is 7.62. The second-order valence-corrected chi connectivity index (χ2v) is 5.55. The molecule has 0 amide bonds. The molecule has 1 aromatic heterocycles. The maximum absolute atomic E-state index is 12.8. The summed E-state index contributed by atoms with van der Waals surface area (Å²) in [5.41, 5.74) is 2.76. The van der Waals surface area contributed by atoms with Gasteiger partial charge in [-0.2, -0.15) is 0 Å². The van der Waals surface area contributed by atoms with Crippen molar-refractivity contribution in [2.24, 2.45) is 0 Å². The van der Waals surface area contributed by atoms with E-state index in [9.17, 15) is 9.59 Å². The van der Waals surface area contributed by atoms with E-state index >= 15 is 0 Å². The number of hydrogen-bond donors (Lipinski definition) is 2. The molecule has 0 radical (unpaired) electrons. The molecule has 6 nitrogen and oxygen atoms in total. The maximum Gasteiger partial charge on any atom is 0.339 e. The normalized spacial score (nSPS) is 11.7. The molecule has 2 aromatic rings. The Labute approximate surface area is 141 Å². The minimum absolute atomic E-state index is 0.142. The molecular formula is C18H22N2O4. The Balaban J connectivity index is 2.27. The number of benzene rings is 1. The molecule has 1 atom stereocenters. The molecule has 2 N–H and O–H groups in total. The number of anilines is 1. The van der Waals surface area contributed by atoms with E-state index < -0.39 is 12.0 Å². The fourth-order valence-corrected chi connectivity index (χ4v) is 2.68. The third-order valence-electron chi connectivity index (χ3n) is 3.95. The average Bonchev–Trinajstić information content (AvgIpc) is 2.88. The van der Waals surface area contributed by atoms with E-state index in [2.05, 4.69) is 10.3 Å². The van der Waals surface area contributed by atoms with Crippen LogP contribution in [0.1, 0.15) is 39.0 Å². The standard InChI is InChI=1S/C18H22N2O4/c1-10-15(18(22)24-5)11(2)20-16(10)17(21)12(3)19-13-8-6-7-9-14(13)23-4/h6-9,12,19-20H,1-5H3. The topological polar surface area (TPSA) is 80.4 Å². The molecule has 1 aromatic carbocycles. The van der Waals surface area contributed by atoms with Crippen LogP contribution in [-0.4, -0.2) is 37.0 Å². The van der Waals surface area contributed by atoms with E-state index in [1.54, 1.807) is 27.9 Å². The molecule has 0 aliphatic carbocycles. The van der Waals surface area contributed by atoms with E-state index in [4.69, 9.17) is 9.47 Å². The van der Waals surface area contributed by atoms with Crippen molar-refractivity contribution in [3.63, 3.8) is 0 Å². The number of aryl methyl sites for hydroxylation is 1. The summed E-state index contributed by atoms with van der Waals surface area (Å²) in [5.74, 6) is 0.0640. The monoisotopic (exact) mass is 330 g/mol. The van der Waals surface area contributed by atoms with Gasteiger partial charge in [0, 0.05) is 5.69 Å². The first-order valence-electron chi connectivity index (χ1n) is 7.62. The molecule has 24 heavy (non-hydrogen) atoms. The van der Waals surface area contributed by atoms with Crippen LogP contribution in [0.5, 0.6) is 5.75 Å². The lowest BCUT2D eigenvalue weighted by atomic mass is 10.0. The summed E-state index contributed by atoms with van der Waals surface area (Å²) in [6.07, 6.45) is 0. The zero-order chi connectivity index (χ0) is 17.9. The Morgan fingerprint density at radius 1 is 1.17 bits per heavy atom. The molecule has 0 bridgehead atoms. The number of esters is 1. The Hall–Kier alpha value is -2.76. The number of nitrogens with one attached hydrogen (secondary N) is 2. The zero-order valence-corrected chi connectivity index (χ0v) is 14.5. The van der Waals surface area contributed by atoms with Gasteiger partial charge in [-0.25, -0.2) is 4.79 Å². The second kappa shape index (κ2) is 7.21. The Morgan fingerprint density at radius 2 is 1.83 bits per heavy atom. The zero-order valence-electron chi connectivity index (χ0n) is 14.5. The number of ether oxygens (including phenoxy) is 2. The summed E-state index contributed by atoms with van der Waals surface area (Å²) in [6.45, 7) is 5.25. The van der Waals surface area contributed by atoms with Gasteiger partial charge in [-0.1, -0.05) is 12.1 Å². The van der Waals surface area contributed by atoms with Gasteiger partial charge >= 0.3 is 5.97 Å². The number of aromatic nitrogens is 1. The number of aromatic amines is 1. The number of carbonyl (C=O) groups is 2. The van der Waals surface area contributed by atoms with Gasteiger partial charge in [-0.05, 0) is 38.5 Å². The molecule has 0 aliphatic heterocycles. The summed E-state index contributed by atoms with van der Waals surface area (Å²) in [5, 5.41) is 3.15. The van der Waals surface area contributed by atoms with Gasteiger partial charge in [0.25, 0.3) is 0 Å². The van der Waals surface area contributed by atoms with Crippen molar-refractivity contribution in [2.45, 2.75) is 26.8 Å². The van der Waals surface area contributed by atoms with Gasteiger partial charge < -0.3 is 19.8 Å². The van der Waals surface area contributed by atoms with Crippen molar-refractivity contribution in [1.29, 1.82) is 0 Å². The number of H-pyrrole nitrogens is 1. The average molecular weight is 330 g/mol.